The third kappa shape index (κ3) is 5.80. The van der Waals surface area contributed by atoms with Gasteiger partial charge in [0.1, 0.15) is 5.75 Å². The number of hydrogen-bond acceptors (Lipinski definition) is 4. The maximum absolute atomic E-state index is 12.2. The first-order valence-corrected chi connectivity index (χ1v) is 8.91. The number of para-hydroxylation sites is 2. The molecule has 1 unspecified atom stereocenters. The van der Waals surface area contributed by atoms with Gasteiger partial charge in [0.25, 0.3) is 0 Å². The molecule has 5 heteroatoms. The highest BCUT2D eigenvalue weighted by atomic mass is 16.5. The summed E-state index contributed by atoms with van der Waals surface area (Å²) in [7, 11) is 1.59. The molecule has 3 N–H and O–H groups in total. The molecular weight excluding hydrogens is 304 g/mol. The lowest BCUT2D eigenvalue weighted by Gasteiger charge is -2.28. The lowest BCUT2D eigenvalue weighted by Crippen LogP contribution is -2.44. The molecule has 0 spiro atoms. The standard InChI is InChI=1S/C19H30N2O3/c1-15(20-14-19(23)11-7-3-4-8-12-19)13-18(22)21-16-9-5-6-10-17(16)24-2/h5-6,9-10,15,20,23H,3-4,7-8,11-14H2,1-2H3,(H,21,22). The summed E-state index contributed by atoms with van der Waals surface area (Å²) in [4.78, 5) is 12.2. The maximum Gasteiger partial charge on any atom is 0.226 e. The monoisotopic (exact) mass is 334 g/mol. The van der Waals surface area contributed by atoms with Crippen LogP contribution >= 0.6 is 0 Å². The second kappa shape index (κ2) is 9.04. The summed E-state index contributed by atoms with van der Waals surface area (Å²) in [5, 5.41) is 16.9. The Morgan fingerprint density at radius 2 is 1.92 bits per heavy atom. The van der Waals surface area contributed by atoms with Gasteiger partial charge in [-0.25, -0.2) is 0 Å². The molecule has 2 rings (SSSR count). The Morgan fingerprint density at radius 3 is 2.58 bits per heavy atom. The Kier molecular flexibility index (Phi) is 7.06. The van der Waals surface area contributed by atoms with Gasteiger partial charge in [0.2, 0.25) is 5.91 Å². The number of nitrogens with one attached hydrogen (secondary N) is 2. The molecule has 0 heterocycles. The molecule has 1 aliphatic rings. The Hall–Kier alpha value is -1.59. The molecule has 24 heavy (non-hydrogen) atoms. The second-order valence-corrected chi connectivity index (χ2v) is 6.87. The number of carbonyl (C=O) groups excluding carboxylic acids is 1. The van der Waals surface area contributed by atoms with Crippen LogP contribution in [0.5, 0.6) is 5.75 Å². The number of hydrogen-bond donors (Lipinski definition) is 3. The average molecular weight is 334 g/mol. The van der Waals surface area contributed by atoms with Crippen LogP contribution in [-0.4, -0.2) is 36.3 Å². The van der Waals surface area contributed by atoms with Crippen molar-refractivity contribution in [3.8, 4) is 5.75 Å². The molecule has 1 aromatic carbocycles. The number of anilines is 1. The van der Waals surface area contributed by atoms with Crippen molar-refractivity contribution in [3.63, 3.8) is 0 Å². The van der Waals surface area contributed by atoms with Crippen LogP contribution in [0.25, 0.3) is 0 Å². The van der Waals surface area contributed by atoms with Crippen molar-refractivity contribution in [2.24, 2.45) is 0 Å². The minimum absolute atomic E-state index is 0.00647. The van der Waals surface area contributed by atoms with Gasteiger partial charge in [0.15, 0.2) is 0 Å². The fourth-order valence-electron chi connectivity index (χ4n) is 3.23. The van der Waals surface area contributed by atoms with Crippen molar-refractivity contribution in [1.29, 1.82) is 0 Å². The highest BCUT2D eigenvalue weighted by Crippen LogP contribution is 2.26. The molecule has 1 aromatic rings. The first kappa shape index (κ1) is 18.7. The highest BCUT2D eigenvalue weighted by molar-refractivity contribution is 5.92. The Bertz CT molecular complexity index is 525. The Morgan fingerprint density at radius 1 is 1.25 bits per heavy atom. The van der Waals surface area contributed by atoms with Gasteiger partial charge in [-0.2, -0.15) is 0 Å². The normalized spacial score (nSPS) is 18.5. The molecule has 1 fully saturated rings. The number of ether oxygens (including phenoxy) is 1. The fraction of sp³-hybridized carbons (Fsp3) is 0.632. The number of benzene rings is 1. The van der Waals surface area contributed by atoms with E-state index in [-0.39, 0.29) is 11.9 Å². The smallest absolute Gasteiger partial charge is 0.226 e. The number of rotatable bonds is 7. The van der Waals surface area contributed by atoms with Gasteiger partial charge in [-0.3, -0.25) is 4.79 Å². The van der Waals surface area contributed by atoms with Gasteiger partial charge >= 0.3 is 0 Å². The van der Waals surface area contributed by atoms with E-state index in [2.05, 4.69) is 10.6 Å². The molecule has 0 saturated heterocycles. The SMILES string of the molecule is COc1ccccc1NC(=O)CC(C)NCC1(O)CCCCCC1. The molecule has 1 amide bonds. The van der Waals surface area contributed by atoms with E-state index < -0.39 is 5.60 Å². The summed E-state index contributed by atoms with van der Waals surface area (Å²) in [6, 6.07) is 7.38. The van der Waals surface area contributed by atoms with Crippen molar-refractivity contribution < 1.29 is 14.6 Å². The quantitative estimate of drug-likeness (QED) is 0.670. The van der Waals surface area contributed by atoms with E-state index in [9.17, 15) is 9.90 Å². The van der Waals surface area contributed by atoms with Crippen LogP contribution in [0, 0.1) is 0 Å². The average Bonchev–Trinajstić information content (AvgIpc) is 2.78. The summed E-state index contributed by atoms with van der Waals surface area (Å²) >= 11 is 0. The second-order valence-electron chi connectivity index (χ2n) is 6.87. The lowest BCUT2D eigenvalue weighted by atomic mass is 9.94. The third-order valence-electron chi connectivity index (χ3n) is 4.69. The van der Waals surface area contributed by atoms with E-state index in [1.165, 1.54) is 12.8 Å². The molecule has 5 nitrogen and oxygen atoms in total. The summed E-state index contributed by atoms with van der Waals surface area (Å²) in [5.41, 5.74) is 0.0590. The first-order chi connectivity index (χ1) is 11.5. The van der Waals surface area contributed by atoms with E-state index in [4.69, 9.17) is 4.74 Å². The number of aliphatic hydroxyl groups is 1. The number of carbonyl (C=O) groups is 1. The van der Waals surface area contributed by atoms with Crippen LogP contribution in [0.3, 0.4) is 0 Å². The van der Waals surface area contributed by atoms with Crippen molar-refractivity contribution in [3.05, 3.63) is 24.3 Å². The van der Waals surface area contributed by atoms with Crippen LogP contribution in [0.1, 0.15) is 51.9 Å². The summed E-state index contributed by atoms with van der Waals surface area (Å²) in [5.74, 6) is 0.589. The van der Waals surface area contributed by atoms with Crippen molar-refractivity contribution in [1.82, 2.24) is 5.32 Å². The molecule has 134 valence electrons. The Balaban J connectivity index is 1.79. The predicted molar refractivity (Wildman–Crippen MR) is 96.4 cm³/mol. The Labute approximate surface area is 144 Å². The van der Waals surface area contributed by atoms with Crippen LogP contribution in [0.4, 0.5) is 5.69 Å². The summed E-state index contributed by atoms with van der Waals surface area (Å²) in [6.07, 6.45) is 6.63. The predicted octanol–water partition coefficient (Wildman–Crippen LogP) is 3.09. The van der Waals surface area contributed by atoms with E-state index in [1.807, 2.05) is 31.2 Å². The maximum atomic E-state index is 12.2. The van der Waals surface area contributed by atoms with E-state index in [0.29, 0.717) is 24.4 Å². The zero-order valence-electron chi connectivity index (χ0n) is 14.8. The minimum atomic E-state index is -0.621. The summed E-state index contributed by atoms with van der Waals surface area (Å²) < 4.78 is 5.24. The van der Waals surface area contributed by atoms with Gasteiger partial charge in [-0.05, 0) is 31.9 Å². The zero-order valence-corrected chi connectivity index (χ0v) is 14.8. The molecule has 0 aliphatic heterocycles. The molecule has 1 atom stereocenters. The van der Waals surface area contributed by atoms with Gasteiger partial charge in [-0.15, -0.1) is 0 Å². The zero-order chi connectivity index (χ0) is 17.4. The minimum Gasteiger partial charge on any atom is -0.495 e. The number of amides is 1. The highest BCUT2D eigenvalue weighted by Gasteiger charge is 2.28. The molecule has 0 aromatic heterocycles. The topological polar surface area (TPSA) is 70.6 Å². The number of methoxy groups -OCH3 is 1. The fourth-order valence-corrected chi connectivity index (χ4v) is 3.23. The van der Waals surface area contributed by atoms with E-state index >= 15 is 0 Å². The summed E-state index contributed by atoms with van der Waals surface area (Å²) in [6.45, 7) is 2.53. The van der Waals surface area contributed by atoms with Gasteiger partial charge in [0.05, 0.1) is 18.4 Å². The van der Waals surface area contributed by atoms with Crippen molar-refractivity contribution in [2.45, 2.75) is 63.5 Å². The largest absolute Gasteiger partial charge is 0.495 e. The molecule has 1 saturated carbocycles. The van der Waals surface area contributed by atoms with Crippen molar-refractivity contribution in [2.75, 3.05) is 19.0 Å². The molecular formula is C19H30N2O3. The third-order valence-corrected chi connectivity index (χ3v) is 4.69. The molecule has 0 radical (unpaired) electrons. The van der Waals surface area contributed by atoms with Gasteiger partial charge in [-0.1, -0.05) is 37.8 Å². The molecule has 1 aliphatic carbocycles. The lowest BCUT2D eigenvalue weighted by molar-refractivity contribution is -0.116. The van der Waals surface area contributed by atoms with Gasteiger partial charge in [0, 0.05) is 19.0 Å². The van der Waals surface area contributed by atoms with Crippen LogP contribution in [0.2, 0.25) is 0 Å². The van der Waals surface area contributed by atoms with E-state index in [1.54, 1.807) is 7.11 Å². The molecule has 0 bridgehead atoms. The van der Waals surface area contributed by atoms with E-state index in [0.717, 1.165) is 25.7 Å². The van der Waals surface area contributed by atoms with Gasteiger partial charge < -0.3 is 20.5 Å². The van der Waals surface area contributed by atoms with Crippen LogP contribution in [-0.2, 0) is 4.79 Å². The van der Waals surface area contributed by atoms with Crippen molar-refractivity contribution >= 4 is 11.6 Å². The van der Waals surface area contributed by atoms with Crippen LogP contribution < -0.4 is 15.4 Å². The van der Waals surface area contributed by atoms with Crippen LogP contribution in [0.15, 0.2) is 24.3 Å². The first-order valence-electron chi connectivity index (χ1n) is 8.91.